The van der Waals surface area contributed by atoms with Crippen LogP contribution in [-0.4, -0.2) is 54.1 Å². The second kappa shape index (κ2) is 6.23. The quantitative estimate of drug-likeness (QED) is 0.762. The predicted octanol–water partition coefficient (Wildman–Crippen LogP) is 1.66. The molecule has 19 heavy (non-hydrogen) atoms. The predicted molar refractivity (Wildman–Crippen MR) is 77.8 cm³/mol. The topological polar surface area (TPSA) is 35.6 Å². The monoisotopic (exact) mass is 267 g/mol. The summed E-state index contributed by atoms with van der Waals surface area (Å²) in [5.41, 5.74) is 0. The lowest BCUT2D eigenvalue weighted by molar-refractivity contribution is -0.130. The van der Waals surface area contributed by atoms with Crippen molar-refractivity contribution in [3.63, 3.8) is 0 Å². The Labute approximate surface area is 117 Å². The first-order valence-corrected chi connectivity index (χ1v) is 7.79. The zero-order chi connectivity index (χ0) is 14.0. The van der Waals surface area contributed by atoms with E-state index < -0.39 is 0 Å². The van der Waals surface area contributed by atoms with Gasteiger partial charge in [0.25, 0.3) is 0 Å². The van der Waals surface area contributed by atoms with Crippen LogP contribution >= 0.6 is 0 Å². The highest BCUT2D eigenvalue weighted by Gasteiger charge is 2.38. The smallest absolute Gasteiger partial charge is 0.241 e. The molecule has 0 spiro atoms. The summed E-state index contributed by atoms with van der Waals surface area (Å²) in [5.74, 6) is 0.918. The zero-order valence-corrected chi connectivity index (χ0v) is 12.9. The van der Waals surface area contributed by atoms with Crippen LogP contribution in [0.3, 0.4) is 0 Å². The molecule has 0 radical (unpaired) electrons. The Bertz CT molecular complexity index is 315. The van der Waals surface area contributed by atoms with E-state index in [9.17, 15) is 4.79 Å². The maximum absolute atomic E-state index is 12.4. The number of nitrogens with zero attached hydrogens (tertiary/aromatic N) is 2. The molecule has 2 atom stereocenters. The van der Waals surface area contributed by atoms with Gasteiger partial charge in [0.1, 0.15) is 0 Å². The summed E-state index contributed by atoms with van der Waals surface area (Å²) in [4.78, 5) is 16.8. The molecule has 2 rings (SSSR count). The minimum Gasteiger partial charge on any atom is -0.325 e. The van der Waals surface area contributed by atoms with Gasteiger partial charge in [-0.3, -0.25) is 10.1 Å². The van der Waals surface area contributed by atoms with Crippen molar-refractivity contribution in [2.45, 2.75) is 64.7 Å². The number of hydrogen-bond donors (Lipinski definition) is 1. The van der Waals surface area contributed by atoms with Crippen molar-refractivity contribution < 1.29 is 4.79 Å². The van der Waals surface area contributed by atoms with Crippen molar-refractivity contribution in [1.82, 2.24) is 15.1 Å². The lowest BCUT2D eigenvalue weighted by Crippen LogP contribution is -2.42. The van der Waals surface area contributed by atoms with Crippen LogP contribution in [0.2, 0.25) is 0 Å². The maximum atomic E-state index is 12.4. The number of nitrogens with one attached hydrogen (secondary N) is 1. The van der Waals surface area contributed by atoms with Gasteiger partial charge >= 0.3 is 0 Å². The van der Waals surface area contributed by atoms with Gasteiger partial charge in [-0.15, -0.1) is 0 Å². The summed E-state index contributed by atoms with van der Waals surface area (Å²) in [6.45, 7) is 8.40. The molecule has 0 aromatic rings. The molecular formula is C15H29N3O. The van der Waals surface area contributed by atoms with Gasteiger partial charge in [0.15, 0.2) is 0 Å². The lowest BCUT2D eigenvalue weighted by Gasteiger charge is -2.27. The Kier molecular flexibility index (Phi) is 4.85. The molecule has 1 aliphatic carbocycles. The first-order chi connectivity index (χ1) is 9.02. The Morgan fingerprint density at radius 1 is 1.42 bits per heavy atom. The van der Waals surface area contributed by atoms with Gasteiger partial charge in [-0.05, 0) is 38.6 Å². The van der Waals surface area contributed by atoms with Crippen LogP contribution in [0.5, 0.6) is 0 Å². The van der Waals surface area contributed by atoms with Crippen molar-refractivity contribution in [3.8, 4) is 0 Å². The number of rotatable bonds is 7. The van der Waals surface area contributed by atoms with Crippen LogP contribution in [0, 0.1) is 5.92 Å². The molecule has 4 heteroatoms. The second-order valence-electron chi connectivity index (χ2n) is 6.52. The fraction of sp³-hybridized carbons (Fsp3) is 0.933. The number of likely N-dealkylation sites (N-methyl/N-ethyl adjacent to an activating group) is 1. The summed E-state index contributed by atoms with van der Waals surface area (Å²) in [6, 6.07) is 0.811. The minimum absolute atomic E-state index is 0.0370. The molecule has 2 unspecified atom stereocenters. The number of carbonyl (C=O) groups excluding carboxylic acids is 1. The van der Waals surface area contributed by atoms with E-state index in [1.54, 1.807) is 0 Å². The Hall–Kier alpha value is -0.610. The third-order valence-corrected chi connectivity index (χ3v) is 4.32. The van der Waals surface area contributed by atoms with E-state index in [1.807, 2.05) is 0 Å². The van der Waals surface area contributed by atoms with E-state index in [0.29, 0.717) is 11.8 Å². The third-order valence-electron chi connectivity index (χ3n) is 4.32. The lowest BCUT2D eigenvalue weighted by atomic mass is 10.1. The summed E-state index contributed by atoms with van der Waals surface area (Å²) in [5, 5.41) is 3.50. The summed E-state index contributed by atoms with van der Waals surface area (Å²) in [6.07, 6.45) is 4.84. The minimum atomic E-state index is 0.0370. The molecule has 110 valence electrons. The molecule has 2 aliphatic rings. The third kappa shape index (κ3) is 3.69. The second-order valence-corrected chi connectivity index (χ2v) is 6.52. The molecule has 0 aromatic carbocycles. The number of carbonyl (C=O) groups is 1. The zero-order valence-electron chi connectivity index (χ0n) is 12.9. The highest BCUT2D eigenvalue weighted by atomic mass is 16.2. The van der Waals surface area contributed by atoms with E-state index in [1.165, 1.54) is 12.8 Å². The summed E-state index contributed by atoms with van der Waals surface area (Å²) in [7, 11) is 2.18. The molecule has 0 aromatic heterocycles. The van der Waals surface area contributed by atoms with E-state index in [0.717, 1.165) is 32.0 Å². The highest BCUT2D eigenvalue weighted by molar-refractivity contribution is 5.84. The fourth-order valence-corrected chi connectivity index (χ4v) is 2.91. The molecule has 1 amide bonds. The van der Waals surface area contributed by atoms with Gasteiger partial charge in [-0.25, -0.2) is 0 Å². The highest BCUT2D eigenvalue weighted by Crippen LogP contribution is 2.25. The average molecular weight is 267 g/mol. The van der Waals surface area contributed by atoms with Crippen LogP contribution < -0.4 is 5.32 Å². The molecule has 1 saturated heterocycles. The maximum Gasteiger partial charge on any atom is 0.241 e. The first-order valence-electron chi connectivity index (χ1n) is 7.79. The van der Waals surface area contributed by atoms with E-state index in [-0.39, 0.29) is 12.2 Å². The van der Waals surface area contributed by atoms with Gasteiger partial charge < -0.3 is 9.80 Å². The van der Waals surface area contributed by atoms with Gasteiger partial charge in [0, 0.05) is 19.1 Å². The van der Waals surface area contributed by atoms with E-state index >= 15 is 0 Å². The molecule has 1 N–H and O–H groups in total. The molecule has 2 fully saturated rings. The Morgan fingerprint density at radius 2 is 2.11 bits per heavy atom. The van der Waals surface area contributed by atoms with E-state index in [2.05, 4.69) is 42.9 Å². The van der Waals surface area contributed by atoms with Crippen molar-refractivity contribution in [2.75, 3.05) is 20.1 Å². The Balaban J connectivity index is 1.90. The number of hydrogen-bond acceptors (Lipinski definition) is 3. The van der Waals surface area contributed by atoms with Crippen LogP contribution in [-0.2, 0) is 4.79 Å². The Morgan fingerprint density at radius 3 is 2.63 bits per heavy atom. The average Bonchev–Trinajstić information content (AvgIpc) is 3.14. The normalized spacial score (nSPS) is 27.9. The van der Waals surface area contributed by atoms with Gasteiger partial charge in [-0.1, -0.05) is 20.8 Å². The number of amides is 1. The van der Waals surface area contributed by atoms with Crippen molar-refractivity contribution in [3.05, 3.63) is 0 Å². The standard InChI is InChI=1S/C15H29N3O/c1-5-13-15(19)18(14(16-13)10-11(2)3)9-8-17(4)12-6-7-12/h11-14,16H,5-10H2,1-4H3. The van der Waals surface area contributed by atoms with Gasteiger partial charge in [0.05, 0.1) is 12.2 Å². The van der Waals surface area contributed by atoms with Crippen molar-refractivity contribution in [2.24, 2.45) is 5.92 Å². The molecular weight excluding hydrogens is 238 g/mol. The molecule has 1 aliphatic heterocycles. The van der Waals surface area contributed by atoms with Crippen molar-refractivity contribution in [1.29, 1.82) is 0 Å². The summed E-state index contributed by atoms with van der Waals surface area (Å²) < 4.78 is 0. The summed E-state index contributed by atoms with van der Waals surface area (Å²) >= 11 is 0. The van der Waals surface area contributed by atoms with Crippen LogP contribution in [0.1, 0.15) is 46.5 Å². The molecule has 1 heterocycles. The van der Waals surface area contributed by atoms with Crippen LogP contribution in [0.15, 0.2) is 0 Å². The molecule has 0 bridgehead atoms. The largest absolute Gasteiger partial charge is 0.325 e. The van der Waals surface area contributed by atoms with Gasteiger partial charge in [0.2, 0.25) is 5.91 Å². The van der Waals surface area contributed by atoms with E-state index in [4.69, 9.17) is 0 Å². The molecule has 4 nitrogen and oxygen atoms in total. The SMILES string of the molecule is CCC1NC(CC(C)C)N(CCN(C)C2CC2)C1=O. The molecule has 1 saturated carbocycles. The van der Waals surface area contributed by atoms with Crippen LogP contribution in [0.25, 0.3) is 0 Å². The van der Waals surface area contributed by atoms with Crippen LogP contribution in [0.4, 0.5) is 0 Å². The van der Waals surface area contributed by atoms with Crippen molar-refractivity contribution >= 4 is 5.91 Å². The first kappa shape index (κ1) is 14.8. The van der Waals surface area contributed by atoms with Gasteiger partial charge in [-0.2, -0.15) is 0 Å². The fourth-order valence-electron chi connectivity index (χ4n) is 2.91.